The van der Waals surface area contributed by atoms with E-state index in [-0.39, 0.29) is 21.3 Å². The second-order valence-corrected chi connectivity index (χ2v) is 7.82. The highest BCUT2D eigenvalue weighted by Gasteiger charge is 2.31. The Morgan fingerprint density at radius 3 is 2.56 bits per heavy atom. The van der Waals surface area contributed by atoms with Crippen LogP contribution in [-0.2, 0) is 19.6 Å². The first kappa shape index (κ1) is 19.1. The number of Topliss-reactive ketones (excluding diaryl/α,β-unsaturated/α-hetero) is 1. The van der Waals surface area contributed by atoms with Crippen LogP contribution in [0.25, 0.3) is 0 Å². The highest BCUT2D eigenvalue weighted by molar-refractivity contribution is 7.90. The van der Waals surface area contributed by atoms with E-state index in [9.17, 15) is 18.0 Å². The summed E-state index contributed by atoms with van der Waals surface area (Å²) in [5.74, 6) is -1.14. The second-order valence-electron chi connectivity index (χ2n) is 5.77. The molecule has 0 unspecified atom stereocenters. The highest BCUT2D eigenvalue weighted by Crippen LogP contribution is 2.22. The lowest BCUT2D eigenvalue weighted by Gasteiger charge is -2.09. The average molecular weight is 407 g/mol. The van der Waals surface area contributed by atoms with Crippen molar-refractivity contribution in [2.45, 2.75) is 17.9 Å². The molecule has 3 rings (SSSR count). The van der Waals surface area contributed by atoms with Crippen LogP contribution in [0.15, 0.2) is 58.4 Å². The smallest absolute Gasteiger partial charge is 0.331 e. The Balaban J connectivity index is 1.69. The molecule has 0 aliphatic carbocycles. The van der Waals surface area contributed by atoms with E-state index < -0.39 is 34.4 Å². The first-order valence-electron chi connectivity index (χ1n) is 7.94. The summed E-state index contributed by atoms with van der Waals surface area (Å²) < 4.78 is 31.4. The van der Waals surface area contributed by atoms with Gasteiger partial charge in [-0.15, -0.1) is 0 Å². The number of ether oxygens (including phenoxy) is 1. The monoisotopic (exact) mass is 406 g/mol. The van der Waals surface area contributed by atoms with Gasteiger partial charge in [0.25, 0.3) is 10.0 Å². The number of aliphatic imine (C=N–C) groups is 1. The van der Waals surface area contributed by atoms with Crippen LogP contribution in [-0.4, -0.2) is 38.7 Å². The zero-order chi connectivity index (χ0) is 19.6. The van der Waals surface area contributed by atoms with Gasteiger partial charge in [-0.3, -0.25) is 14.5 Å². The SMILES string of the molecule is C[C@H](N=C1NS(=O)(=O)c2ccccc21)C(=O)OCC(=O)c1ccccc1Cl. The molecule has 1 aliphatic heterocycles. The van der Waals surface area contributed by atoms with Gasteiger partial charge < -0.3 is 4.74 Å². The summed E-state index contributed by atoms with van der Waals surface area (Å²) in [5, 5.41) is 0.267. The van der Waals surface area contributed by atoms with Gasteiger partial charge in [0.05, 0.1) is 9.92 Å². The minimum Gasteiger partial charge on any atom is -0.456 e. The lowest BCUT2D eigenvalue weighted by molar-refractivity contribution is -0.143. The number of benzene rings is 2. The van der Waals surface area contributed by atoms with Crippen molar-refractivity contribution in [3.63, 3.8) is 0 Å². The van der Waals surface area contributed by atoms with Crippen LogP contribution in [0, 0.1) is 0 Å². The lowest BCUT2D eigenvalue weighted by atomic mass is 10.1. The van der Waals surface area contributed by atoms with Crippen molar-refractivity contribution in [3.8, 4) is 0 Å². The average Bonchev–Trinajstić information content (AvgIpc) is 2.90. The number of halogens is 1. The van der Waals surface area contributed by atoms with Gasteiger partial charge in [0.1, 0.15) is 11.9 Å². The van der Waals surface area contributed by atoms with Gasteiger partial charge in [0, 0.05) is 11.1 Å². The quantitative estimate of drug-likeness (QED) is 0.605. The molecule has 0 bridgehead atoms. The van der Waals surface area contributed by atoms with Crippen molar-refractivity contribution < 1.29 is 22.7 Å². The van der Waals surface area contributed by atoms with Crippen molar-refractivity contribution in [3.05, 3.63) is 64.7 Å². The molecule has 1 atom stereocenters. The molecular weight excluding hydrogens is 392 g/mol. The third-order valence-electron chi connectivity index (χ3n) is 3.85. The summed E-state index contributed by atoms with van der Waals surface area (Å²) in [6.07, 6.45) is 0. The number of nitrogens with one attached hydrogen (secondary N) is 1. The van der Waals surface area contributed by atoms with E-state index in [1.165, 1.54) is 19.1 Å². The number of esters is 1. The van der Waals surface area contributed by atoms with Crippen molar-refractivity contribution in [1.82, 2.24) is 4.72 Å². The summed E-state index contributed by atoms with van der Waals surface area (Å²) in [5.41, 5.74) is 0.632. The Kier molecular flexibility index (Phi) is 5.29. The molecule has 7 nitrogen and oxygen atoms in total. The van der Waals surface area contributed by atoms with Crippen molar-refractivity contribution in [1.29, 1.82) is 0 Å². The third kappa shape index (κ3) is 4.01. The Labute approximate surface area is 161 Å². The molecule has 9 heteroatoms. The molecule has 1 heterocycles. The zero-order valence-electron chi connectivity index (χ0n) is 14.2. The number of sulfonamides is 1. The van der Waals surface area contributed by atoms with E-state index in [1.807, 2.05) is 0 Å². The number of hydrogen-bond donors (Lipinski definition) is 1. The molecule has 140 valence electrons. The molecule has 0 amide bonds. The van der Waals surface area contributed by atoms with Gasteiger partial charge in [0.2, 0.25) is 5.78 Å². The normalized spacial score (nSPS) is 17.0. The number of hydrogen-bond acceptors (Lipinski definition) is 6. The summed E-state index contributed by atoms with van der Waals surface area (Å²) in [4.78, 5) is 28.4. The van der Waals surface area contributed by atoms with E-state index in [0.717, 1.165) is 0 Å². The van der Waals surface area contributed by atoms with Crippen LogP contribution >= 0.6 is 11.6 Å². The van der Waals surface area contributed by atoms with Crippen LogP contribution in [0.5, 0.6) is 0 Å². The van der Waals surface area contributed by atoms with Crippen LogP contribution in [0.3, 0.4) is 0 Å². The predicted octanol–water partition coefficient (Wildman–Crippen LogP) is 2.19. The molecular formula is C18H15ClN2O5S. The number of carbonyl (C=O) groups excluding carboxylic acids is 2. The summed E-state index contributed by atoms with van der Waals surface area (Å²) in [6, 6.07) is 11.7. The van der Waals surface area contributed by atoms with Crippen LogP contribution in [0.1, 0.15) is 22.8 Å². The van der Waals surface area contributed by atoms with Gasteiger partial charge >= 0.3 is 5.97 Å². The molecule has 2 aromatic rings. The number of amidine groups is 1. The fraction of sp³-hybridized carbons (Fsp3) is 0.167. The second kappa shape index (κ2) is 7.50. The molecule has 1 aliphatic rings. The molecule has 0 aromatic heterocycles. The van der Waals surface area contributed by atoms with Gasteiger partial charge in [-0.1, -0.05) is 35.9 Å². The highest BCUT2D eigenvalue weighted by atomic mass is 35.5. The van der Waals surface area contributed by atoms with E-state index in [4.69, 9.17) is 16.3 Å². The molecule has 1 N–H and O–H groups in total. The molecule has 0 saturated carbocycles. The van der Waals surface area contributed by atoms with Gasteiger partial charge in [0.15, 0.2) is 6.61 Å². The maximum absolute atomic E-state index is 12.1. The number of rotatable bonds is 5. The first-order chi connectivity index (χ1) is 12.8. The topological polar surface area (TPSA) is 102 Å². The van der Waals surface area contributed by atoms with Gasteiger partial charge in [-0.05, 0) is 31.2 Å². The maximum atomic E-state index is 12.1. The van der Waals surface area contributed by atoms with Crippen molar-refractivity contribution in [2.75, 3.05) is 6.61 Å². The standard InChI is InChI=1S/C18H15ClN2O5S/c1-11(18(23)26-10-15(22)12-6-2-4-8-14(12)19)20-17-13-7-3-5-9-16(13)27(24,25)21-17/h2-9,11H,10H2,1H3,(H,20,21)/t11-/m0/s1. The Morgan fingerprint density at radius 1 is 1.15 bits per heavy atom. The Bertz CT molecular complexity index is 1050. The number of fused-ring (bicyclic) bond motifs is 1. The van der Waals surface area contributed by atoms with Crippen LogP contribution < -0.4 is 4.72 Å². The molecule has 27 heavy (non-hydrogen) atoms. The third-order valence-corrected chi connectivity index (χ3v) is 5.57. The Hall–Kier alpha value is -2.71. The van der Waals surface area contributed by atoms with Crippen LogP contribution in [0.4, 0.5) is 0 Å². The molecule has 2 aromatic carbocycles. The van der Waals surface area contributed by atoms with Crippen molar-refractivity contribution in [2.24, 2.45) is 4.99 Å². The minimum atomic E-state index is -3.69. The largest absolute Gasteiger partial charge is 0.456 e. The fourth-order valence-electron chi connectivity index (χ4n) is 2.50. The number of ketones is 1. The predicted molar refractivity (Wildman–Crippen MR) is 99.5 cm³/mol. The summed E-state index contributed by atoms with van der Waals surface area (Å²) in [6.45, 7) is 0.963. The van der Waals surface area contributed by atoms with E-state index >= 15 is 0 Å². The Morgan fingerprint density at radius 2 is 1.81 bits per heavy atom. The minimum absolute atomic E-state index is 0.0625. The fourth-order valence-corrected chi connectivity index (χ4v) is 3.98. The van der Waals surface area contributed by atoms with Crippen LogP contribution in [0.2, 0.25) is 5.02 Å². The lowest BCUT2D eigenvalue weighted by Crippen LogP contribution is -2.27. The van der Waals surface area contributed by atoms with E-state index in [0.29, 0.717) is 5.56 Å². The zero-order valence-corrected chi connectivity index (χ0v) is 15.8. The van der Waals surface area contributed by atoms with Gasteiger partial charge in [-0.25, -0.2) is 13.2 Å². The van der Waals surface area contributed by atoms with E-state index in [1.54, 1.807) is 36.4 Å². The number of carbonyl (C=O) groups is 2. The molecule has 0 spiro atoms. The summed E-state index contributed by atoms with van der Waals surface area (Å²) >= 11 is 5.94. The molecule has 0 saturated heterocycles. The number of nitrogens with zero attached hydrogens (tertiary/aromatic N) is 1. The van der Waals surface area contributed by atoms with E-state index in [2.05, 4.69) is 9.71 Å². The molecule has 0 fully saturated rings. The first-order valence-corrected chi connectivity index (χ1v) is 9.80. The van der Waals surface area contributed by atoms with Crippen molar-refractivity contribution >= 4 is 39.2 Å². The molecule has 0 radical (unpaired) electrons. The van der Waals surface area contributed by atoms with Gasteiger partial charge in [-0.2, -0.15) is 0 Å². The summed E-state index contributed by atoms with van der Waals surface area (Å²) in [7, 11) is -3.69. The maximum Gasteiger partial charge on any atom is 0.331 e.